The number of hydrogen-bond donors (Lipinski definition) is 2. The van der Waals surface area contributed by atoms with Crippen molar-refractivity contribution in [2.75, 3.05) is 13.1 Å². The molecule has 0 spiro atoms. The van der Waals surface area contributed by atoms with Crippen molar-refractivity contribution in [1.29, 1.82) is 0 Å². The zero-order valence-electron chi connectivity index (χ0n) is 12.6. The molecule has 0 bridgehead atoms. The number of aliphatic imine (C=N–C) groups is 1. The molecular weight excluding hydrogens is 248 g/mol. The van der Waals surface area contributed by atoms with Crippen LogP contribution in [-0.2, 0) is 6.42 Å². The molecule has 0 atom stereocenters. The van der Waals surface area contributed by atoms with Gasteiger partial charge in [0.25, 0.3) is 0 Å². The molecule has 2 rings (SSSR count). The highest BCUT2D eigenvalue weighted by Gasteiger charge is 2.42. The Balaban J connectivity index is 1.69. The molecule has 4 heteroatoms. The lowest BCUT2D eigenvalue weighted by Crippen LogP contribution is -2.34. The van der Waals surface area contributed by atoms with Crippen LogP contribution < -0.4 is 11.1 Å². The molecule has 110 valence electrons. The number of aromatic nitrogens is 1. The van der Waals surface area contributed by atoms with E-state index in [1.165, 1.54) is 19.3 Å². The highest BCUT2D eigenvalue weighted by Crippen LogP contribution is 2.50. The van der Waals surface area contributed by atoms with Crippen molar-refractivity contribution in [1.82, 2.24) is 10.3 Å². The summed E-state index contributed by atoms with van der Waals surface area (Å²) in [5.41, 5.74) is 7.44. The summed E-state index contributed by atoms with van der Waals surface area (Å²) in [5, 5.41) is 3.17. The molecular formula is C16H26N4. The highest BCUT2D eigenvalue weighted by atomic mass is 15.1. The van der Waals surface area contributed by atoms with Crippen molar-refractivity contribution in [3.8, 4) is 0 Å². The van der Waals surface area contributed by atoms with E-state index in [2.05, 4.69) is 29.1 Å². The Labute approximate surface area is 121 Å². The first-order chi connectivity index (χ1) is 9.60. The second-order valence-electron chi connectivity index (χ2n) is 6.30. The maximum absolute atomic E-state index is 5.92. The van der Waals surface area contributed by atoms with Crippen molar-refractivity contribution in [2.45, 2.75) is 39.5 Å². The molecule has 1 aliphatic rings. The molecule has 0 radical (unpaired) electrons. The Kier molecular flexibility index (Phi) is 4.99. The van der Waals surface area contributed by atoms with Crippen molar-refractivity contribution in [3.63, 3.8) is 0 Å². The average Bonchev–Trinajstić information content (AvgIpc) is 3.17. The molecule has 0 aromatic carbocycles. The minimum Gasteiger partial charge on any atom is -0.370 e. The molecule has 1 aromatic heterocycles. The van der Waals surface area contributed by atoms with Gasteiger partial charge in [0.2, 0.25) is 0 Å². The van der Waals surface area contributed by atoms with Gasteiger partial charge in [-0.3, -0.25) is 9.98 Å². The van der Waals surface area contributed by atoms with Gasteiger partial charge >= 0.3 is 0 Å². The van der Waals surface area contributed by atoms with Crippen LogP contribution in [0.25, 0.3) is 0 Å². The lowest BCUT2D eigenvalue weighted by molar-refractivity contribution is 0.398. The van der Waals surface area contributed by atoms with Crippen LogP contribution in [-0.4, -0.2) is 24.0 Å². The predicted octanol–water partition coefficient (Wildman–Crippen LogP) is 2.35. The third kappa shape index (κ3) is 4.83. The largest absolute Gasteiger partial charge is 0.370 e. The summed E-state index contributed by atoms with van der Waals surface area (Å²) >= 11 is 0. The molecule has 0 aliphatic heterocycles. The van der Waals surface area contributed by atoms with Crippen LogP contribution in [0.5, 0.6) is 0 Å². The van der Waals surface area contributed by atoms with Gasteiger partial charge in [-0.25, -0.2) is 0 Å². The highest BCUT2D eigenvalue weighted by molar-refractivity contribution is 5.77. The topological polar surface area (TPSA) is 63.3 Å². The SMILES string of the molecule is CC(C)CC1(CN=C(N)NCCc2ccccn2)CC1. The molecule has 0 unspecified atom stereocenters. The quantitative estimate of drug-likeness (QED) is 0.592. The van der Waals surface area contributed by atoms with Gasteiger partial charge in [-0.1, -0.05) is 19.9 Å². The van der Waals surface area contributed by atoms with E-state index in [0.29, 0.717) is 11.4 Å². The molecule has 0 amide bonds. The van der Waals surface area contributed by atoms with E-state index in [-0.39, 0.29) is 0 Å². The summed E-state index contributed by atoms with van der Waals surface area (Å²) in [6.45, 7) is 6.20. The third-order valence-electron chi connectivity index (χ3n) is 3.80. The fourth-order valence-electron chi connectivity index (χ4n) is 2.64. The summed E-state index contributed by atoms with van der Waals surface area (Å²) in [7, 11) is 0. The van der Waals surface area contributed by atoms with Gasteiger partial charge in [0.05, 0.1) is 0 Å². The van der Waals surface area contributed by atoms with E-state index in [1.54, 1.807) is 0 Å². The van der Waals surface area contributed by atoms with Gasteiger partial charge in [-0.05, 0) is 42.7 Å². The Bertz CT molecular complexity index is 435. The minimum absolute atomic E-state index is 0.446. The van der Waals surface area contributed by atoms with Crippen molar-refractivity contribution in [3.05, 3.63) is 30.1 Å². The van der Waals surface area contributed by atoms with E-state index in [1.807, 2.05) is 24.4 Å². The number of nitrogens with one attached hydrogen (secondary N) is 1. The van der Waals surface area contributed by atoms with Crippen LogP contribution in [0.4, 0.5) is 0 Å². The van der Waals surface area contributed by atoms with Crippen molar-refractivity contribution < 1.29 is 0 Å². The first-order valence-electron chi connectivity index (χ1n) is 7.53. The van der Waals surface area contributed by atoms with Crippen LogP contribution >= 0.6 is 0 Å². The van der Waals surface area contributed by atoms with Gasteiger partial charge in [0.15, 0.2) is 5.96 Å². The number of nitrogens with two attached hydrogens (primary N) is 1. The van der Waals surface area contributed by atoms with Crippen LogP contribution in [0.15, 0.2) is 29.4 Å². The molecule has 4 nitrogen and oxygen atoms in total. The molecule has 1 aliphatic carbocycles. The molecule has 0 saturated heterocycles. The predicted molar refractivity (Wildman–Crippen MR) is 83.6 cm³/mol. The molecule has 1 heterocycles. The maximum atomic E-state index is 5.92. The Morgan fingerprint density at radius 3 is 2.85 bits per heavy atom. The van der Waals surface area contributed by atoms with E-state index in [0.717, 1.165) is 31.1 Å². The maximum Gasteiger partial charge on any atom is 0.188 e. The Morgan fingerprint density at radius 1 is 1.45 bits per heavy atom. The smallest absolute Gasteiger partial charge is 0.188 e. The Hall–Kier alpha value is -1.58. The van der Waals surface area contributed by atoms with Gasteiger partial charge in [0, 0.05) is 31.4 Å². The summed E-state index contributed by atoms with van der Waals surface area (Å²) in [5.74, 6) is 1.31. The first kappa shape index (κ1) is 14.8. The summed E-state index contributed by atoms with van der Waals surface area (Å²) in [4.78, 5) is 8.79. The van der Waals surface area contributed by atoms with E-state index in [4.69, 9.17) is 5.73 Å². The molecule has 1 saturated carbocycles. The molecule has 1 fully saturated rings. The van der Waals surface area contributed by atoms with E-state index >= 15 is 0 Å². The molecule has 3 N–H and O–H groups in total. The summed E-state index contributed by atoms with van der Waals surface area (Å²) < 4.78 is 0. The zero-order valence-corrected chi connectivity index (χ0v) is 12.6. The lowest BCUT2D eigenvalue weighted by Gasteiger charge is -2.15. The normalized spacial score (nSPS) is 17.2. The van der Waals surface area contributed by atoms with Crippen LogP contribution in [0.3, 0.4) is 0 Å². The van der Waals surface area contributed by atoms with Crippen molar-refractivity contribution >= 4 is 5.96 Å². The Morgan fingerprint density at radius 2 is 2.25 bits per heavy atom. The standard InChI is InChI=1S/C16H26N4/c1-13(2)11-16(7-8-16)12-20-15(17)19-10-6-14-5-3-4-9-18-14/h3-5,9,13H,6-8,10-12H2,1-2H3,(H3,17,19,20). The molecule has 20 heavy (non-hydrogen) atoms. The summed E-state index contributed by atoms with van der Waals surface area (Å²) in [6, 6.07) is 5.95. The number of hydrogen-bond acceptors (Lipinski definition) is 2. The second kappa shape index (κ2) is 6.73. The number of rotatable bonds is 7. The second-order valence-corrected chi connectivity index (χ2v) is 6.30. The van der Waals surface area contributed by atoms with Crippen LogP contribution in [0.2, 0.25) is 0 Å². The van der Waals surface area contributed by atoms with Gasteiger partial charge < -0.3 is 11.1 Å². The van der Waals surface area contributed by atoms with Crippen LogP contribution in [0, 0.1) is 11.3 Å². The third-order valence-corrected chi connectivity index (χ3v) is 3.80. The van der Waals surface area contributed by atoms with E-state index < -0.39 is 0 Å². The number of nitrogens with zero attached hydrogens (tertiary/aromatic N) is 2. The molecule has 1 aromatic rings. The van der Waals surface area contributed by atoms with Gasteiger partial charge in [0.1, 0.15) is 0 Å². The minimum atomic E-state index is 0.446. The number of guanidine groups is 1. The van der Waals surface area contributed by atoms with Crippen LogP contribution in [0.1, 0.15) is 38.8 Å². The van der Waals surface area contributed by atoms with Gasteiger partial charge in [-0.2, -0.15) is 0 Å². The monoisotopic (exact) mass is 274 g/mol. The zero-order chi connectivity index (χ0) is 14.4. The number of pyridine rings is 1. The average molecular weight is 274 g/mol. The van der Waals surface area contributed by atoms with Crippen molar-refractivity contribution in [2.24, 2.45) is 22.1 Å². The lowest BCUT2D eigenvalue weighted by atomic mass is 9.94. The van der Waals surface area contributed by atoms with Gasteiger partial charge in [-0.15, -0.1) is 0 Å². The first-order valence-corrected chi connectivity index (χ1v) is 7.53. The fourth-order valence-corrected chi connectivity index (χ4v) is 2.64. The fraction of sp³-hybridized carbons (Fsp3) is 0.625. The van der Waals surface area contributed by atoms with E-state index in [9.17, 15) is 0 Å². The summed E-state index contributed by atoms with van der Waals surface area (Å²) in [6.07, 6.45) is 6.55.